The van der Waals surface area contributed by atoms with E-state index in [0.29, 0.717) is 0 Å². The van der Waals surface area contributed by atoms with E-state index >= 15 is 0 Å². The highest BCUT2D eigenvalue weighted by atomic mass is 14.5. The lowest BCUT2D eigenvalue weighted by Crippen LogP contribution is -1.97. The summed E-state index contributed by atoms with van der Waals surface area (Å²) in [5.74, 6) is 0. The first-order chi connectivity index (χ1) is 47.1. The minimum Gasteiger partial charge on any atom is -0.344 e. The standard InChI is InChI=1S/5C18H39N.H3N/c5*1-2-3-4-5-6-7-8-9-10-11-12-13-14-15-16-17-18-19;/h5*2-19H2,1H3;1H3. The molecule has 6 heteroatoms. The largest absolute Gasteiger partial charge is 0.344 e. The third-order valence-electron chi connectivity index (χ3n) is 20.3. The quantitative estimate of drug-likeness (QED) is 0.0332. The second kappa shape index (κ2) is 116. The first-order valence-corrected chi connectivity index (χ1v) is 45.6. The molecular formula is C90H198N6. The zero-order chi connectivity index (χ0) is 70.1. The molecule has 0 saturated heterocycles. The van der Waals surface area contributed by atoms with Gasteiger partial charge in [-0.2, -0.15) is 0 Å². The van der Waals surface area contributed by atoms with Crippen molar-refractivity contribution in [3.05, 3.63) is 0 Å². The third-order valence-corrected chi connectivity index (χ3v) is 20.3. The van der Waals surface area contributed by atoms with Crippen LogP contribution in [0, 0.1) is 0 Å². The summed E-state index contributed by atoms with van der Waals surface area (Å²) in [5, 5.41) is 0. The lowest BCUT2D eigenvalue weighted by atomic mass is 10.0. The van der Waals surface area contributed by atoms with E-state index in [1.54, 1.807) is 0 Å². The van der Waals surface area contributed by atoms with E-state index in [2.05, 4.69) is 34.6 Å². The molecule has 6 nitrogen and oxygen atoms in total. The van der Waals surface area contributed by atoms with Crippen molar-refractivity contribution in [2.75, 3.05) is 32.7 Å². The first kappa shape index (κ1) is 107. The third kappa shape index (κ3) is 127. The predicted octanol–water partition coefficient (Wildman–Crippen LogP) is 31.2. The lowest BCUT2D eigenvalue weighted by Gasteiger charge is -2.03. The van der Waals surface area contributed by atoms with E-state index in [9.17, 15) is 0 Å². The topological polar surface area (TPSA) is 165 Å². The second-order valence-electron chi connectivity index (χ2n) is 30.5. The average Bonchev–Trinajstić information content (AvgIpc) is 3.61. The molecule has 0 aliphatic heterocycles. The van der Waals surface area contributed by atoms with Gasteiger partial charge in [0.15, 0.2) is 0 Å². The minimum absolute atomic E-state index is 0. The van der Waals surface area contributed by atoms with Crippen molar-refractivity contribution in [2.24, 2.45) is 28.7 Å². The highest BCUT2D eigenvalue weighted by molar-refractivity contribution is 4.56. The van der Waals surface area contributed by atoms with E-state index in [0.717, 1.165) is 32.7 Å². The van der Waals surface area contributed by atoms with E-state index in [1.807, 2.05) is 0 Å². The van der Waals surface area contributed by atoms with Gasteiger partial charge in [0, 0.05) is 0 Å². The maximum atomic E-state index is 5.48. The van der Waals surface area contributed by atoms with Gasteiger partial charge in [-0.3, -0.25) is 0 Å². The lowest BCUT2D eigenvalue weighted by molar-refractivity contribution is 0.530. The van der Waals surface area contributed by atoms with E-state index in [-0.39, 0.29) is 6.15 Å². The molecular weight excluding hydrogens is 1170 g/mol. The van der Waals surface area contributed by atoms with Crippen LogP contribution in [0.1, 0.15) is 548 Å². The molecule has 0 aliphatic rings. The van der Waals surface area contributed by atoms with Crippen LogP contribution >= 0.6 is 0 Å². The Bertz CT molecular complexity index is 845. The van der Waals surface area contributed by atoms with Crippen LogP contribution in [0.5, 0.6) is 0 Å². The van der Waals surface area contributed by atoms with Crippen LogP contribution in [0.3, 0.4) is 0 Å². The fourth-order valence-electron chi connectivity index (χ4n) is 13.5. The Labute approximate surface area is 612 Å². The molecule has 0 heterocycles. The summed E-state index contributed by atoms with van der Waals surface area (Å²) in [7, 11) is 0. The molecule has 0 unspecified atom stereocenters. The molecule has 0 aliphatic carbocycles. The Kier molecular flexibility index (Phi) is 129. The molecule has 0 rings (SSSR count). The van der Waals surface area contributed by atoms with Crippen molar-refractivity contribution in [3.8, 4) is 0 Å². The fraction of sp³-hybridized carbons (Fsp3) is 1.00. The first-order valence-electron chi connectivity index (χ1n) is 45.6. The van der Waals surface area contributed by atoms with Crippen LogP contribution in [-0.4, -0.2) is 32.7 Å². The maximum absolute atomic E-state index is 5.48. The molecule has 0 radical (unpaired) electrons. The van der Waals surface area contributed by atoms with Crippen LogP contribution < -0.4 is 34.8 Å². The Morgan fingerprint density at radius 1 is 0.0938 bits per heavy atom. The predicted molar refractivity (Wildman–Crippen MR) is 448 cm³/mol. The molecule has 0 aromatic rings. The minimum atomic E-state index is 0. The van der Waals surface area contributed by atoms with Crippen LogP contribution in [0.4, 0.5) is 0 Å². The van der Waals surface area contributed by atoms with Gasteiger partial charge in [0.25, 0.3) is 0 Å². The molecule has 0 bridgehead atoms. The highest BCUT2D eigenvalue weighted by Gasteiger charge is 2.00. The summed E-state index contributed by atoms with van der Waals surface area (Å²) < 4.78 is 0. The van der Waals surface area contributed by atoms with Gasteiger partial charge < -0.3 is 34.8 Å². The molecule has 0 fully saturated rings. The average molecular weight is 1360 g/mol. The highest BCUT2D eigenvalue weighted by Crippen LogP contribution is 2.19. The zero-order valence-corrected chi connectivity index (χ0v) is 68.7. The molecule has 0 aromatic heterocycles. The number of unbranched alkanes of at least 4 members (excludes halogenated alkanes) is 75. The molecule has 0 aromatic carbocycles. The molecule has 0 saturated carbocycles. The van der Waals surface area contributed by atoms with Crippen molar-refractivity contribution < 1.29 is 0 Å². The Balaban J connectivity index is -0.000000263. The maximum Gasteiger partial charge on any atom is -0.00773 e. The van der Waals surface area contributed by atoms with Crippen LogP contribution in [0.15, 0.2) is 0 Å². The monoisotopic (exact) mass is 1360 g/mol. The van der Waals surface area contributed by atoms with Crippen LogP contribution in [0.25, 0.3) is 0 Å². The number of rotatable bonds is 80. The Morgan fingerprint density at radius 2 is 0.146 bits per heavy atom. The van der Waals surface area contributed by atoms with Gasteiger partial charge in [0.05, 0.1) is 0 Å². The van der Waals surface area contributed by atoms with Gasteiger partial charge in [-0.1, -0.05) is 516 Å². The van der Waals surface area contributed by atoms with Gasteiger partial charge in [-0.05, 0) is 64.8 Å². The van der Waals surface area contributed by atoms with Crippen molar-refractivity contribution in [1.82, 2.24) is 6.15 Å². The number of hydrogen-bond donors (Lipinski definition) is 6. The fourth-order valence-corrected chi connectivity index (χ4v) is 13.5. The summed E-state index contributed by atoms with van der Waals surface area (Å²) in [6, 6.07) is 0. The van der Waals surface area contributed by atoms with E-state index in [4.69, 9.17) is 28.7 Å². The smallest absolute Gasteiger partial charge is 0.00773 e. The molecule has 96 heavy (non-hydrogen) atoms. The zero-order valence-electron chi connectivity index (χ0n) is 68.7. The second-order valence-corrected chi connectivity index (χ2v) is 30.5. The van der Waals surface area contributed by atoms with Crippen molar-refractivity contribution in [3.63, 3.8) is 0 Å². The normalized spacial score (nSPS) is 10.9. The molecule has 0 spiro atoms. The van der Waals surface area contributed by atoms with Crippen molar-refractivity contribution >= 4 is 0 Å². The van der Waals surface area contributed by atoms with E-state index in [1.165, 1.54) is 514 Å². The van der Waals surface area contributed by atoms with E-state index < -0.39 is 0 Å². The van der Waals surface area contributed by atoms with Gasteiger partial charge in [0.1, 0.15) is 0 Å². The number of nitrogens with two attached hydrogens (primary N) is 5. The molecule has 0 atom stereocenters. The van der Waals surface area contributed by atoms with Gasteiger partial charge >= 0.3 is 0 Å². The summed E-state index contributed by atoms with van der Waals surface area (Å²) in [6.45, 7) is 15.8. The van der Waals surface area contributed by atoms with Gasteiger partial charge in [0.2, 0.25) is 0 Å². The molecule has 588 valence electrons. The Morgan fingerprint density at radius 3 is 0.198 bits per heavy atom. The van der Waals surface area contributed by atoms with Crippen LogP contribution in [0.2, 0.25) is 0 Å². The van der Waals surface area contributed by atoms with Crippen molar-refractivity contribution in [2.45, 2.75) is 548 Å². The van der Waals surface area contributed by atoms with Crippen LogP contribution in [-0.2, 0) is 0 Å². The summed E-state index contributed by atoms with van der Waals surface area (Å²) in [5.41, 5.74) is 27.4. The summed E-state index contributed by atoms with van der Waals surface area (Å²) in [6.07, 6.45) is 114. The molecule has 13 N–H and O–H groups in total. The Hall–Kier alpha value is -0.240. The van der Waals surface area contributed by atoms with Gasteiger partial charge in [-0.15, -0.1) is 0 Å². The summed E-state index contributed by atoms with van der Waals surface area (Å²) >= 11 is 0. The van der Waals surface area contributed by atoms with Crippen molar-refractivity contribution in [1.29, 1.82) is 0 Å². The number of hydrogen-bond acceptors (Lipinski definition) is 6. The SMILES string of the molecule is CCCCCCCCCCCCCCCCCCN.CCCCCCCCCCCCCCCCCCN.CCCCCCCCCCCCCCCCCCN.CCCCCCCCCCCCCCCCCCN.CCCCCCCCCCCCCCCCCCN.N. The molecule has 0 amide bonds. The summed E-state index contributed by atoms with van der Waals surface area (Å²) in [4.78, 5) is 0. The van der Waals surface area contributed by atoms with Gasteiger partial charge in [-0.25, -0.2) is 0 Å².